The highest BCUT2D eigenvalue weighted by atomic mass is 79.9. The summed E-state index contributed by atoms with van der Waals surface area (Å²) >= 11 is 2.94. The summed E-state index contributed by atoms with van der Waals surface area (Å²) in [6.07, 6.45) is 0. The Hall–Kier alpha value is -1.67. The van der Waals surface area contributed by atoms with Gasteiger partial charge in [-0.2, -0.15) is 0 Å². The van der Waals surface area contributed by atoms with Gasteiger partial charge in [-0.25, -0.2) is 17.2 Å². The summed E-state index contributed by atoms with van der Waals surface area (Å²) in [7, 11) is -3.97. The molecule has 0 spiro atoms. The van der Waals surface area contributed by atoms with Gasteiger partial charge in [0, 0.05) is 0 Å². The van der Waals surface area contributed by atoms with Crippen LogP contribution in [0.4, 0.5) is 20.2 Å². The quantitative estimate of drug-likeness (QED) is 0.824. The number of nitrogens with one attached hydrogen (secondary N) is 1. The number of hydrogen-bond donors (Lipinski definition) is 2. The van der Waals surface area contributed by atoms with E-state index in [2.05, 4.69) is 20.7 Å². The second kappa shape index (κ2) is 5.37. The van der Waals surface area contributed by atoms with Gasteiger partial charge in [-0.3, -0.25) is 4.72 Å². The lowest BCUT2D eigenvalue weighted by Crippen LogP contribution is -2.13. The number of nitrogens with two attached hydrogens (primary N) is 1. The Morgan fingerprint density at radius 3 is 2.35 bits per heavy atom. The van der Waals surface area contributed by atoms with Gasteiger partial charge in [0.25, 0.3) is 10.0 Å². The lowest BCUT2D eigenvalue weighted by atomic mass is 10.3. The Balaban J connectivity index is 2.35. The summed E-state index contributed by atoms with van der Waals surface area (Å²) in [6.45, 7) is 0. The highest BCUT2D eigenvalue weighted by Crippen LogP contribution is 2.23. The number of sulfonamides is 1. The first-order chi connectivity index (χ1) is 9.29. The molecular formula is C12H9BrF2N2O2S. The van der Waals surface area contributed by atoms with Crippen molar-refractivity contribution in [1.82, 2.24) is 0 Å². The number of nitrogen functional groups attached to an aromatic ring is 1. The van der Waals surface area contributed by atoms with Crippen molar-refractivity contribution in [1.29, 1.82) is 0 Å². The molecule has 0 aliphatic carbocycles. The Kier molecular flexibility index (Phi) is 3.96. The molecule has 2 rings (SSSR count). The first kappa shape index (κ1) is 14.7. The lowest BCUT2D eigenvalue weighted by Gasteiger charge is -2.09. The Bertz CT molecular complexity index is 766. The molecule has 2 aromatic rings. The summed E-state index contributed by atoms with van der Waals surface area (Å²) < 4.78 is 52.8. The Morgan fingerprint density at radius 1 is 1.05 bits per heavy atom. The van der Waals surface area contributed by atoms with Crippen molar-refractivity contribution in [2.24, 2.45) is 0 Å². The third kappa shape index (κ3) is 3.07. The maximum Gasteiger partial charge on any atom is 0.261 e. The van der Waals surface area contributed by atoms with E-state index in [9.17, 15) is 17.2 Å². The van der Waals surface area contributed by atoms with Gasteiger partial charge < -0.3 is 5.73 Å². The molecular weight excluding hydrogens is 354 g/mol. The number of anilines is 2. The molecule has 0 unspecified atom stereocenters. The van der Waals surface area contributed by atoms with Gasteiger partial charge in [-0.1, -0.05) is 0 Å². The smallest absolute Gasteiger partial charge is 0.261 e. The molecule has 3 N–H and O–H groups in total. The fourth-order valence-corrected chi connectivity index (χ4v) is 2.89. The van der Waals surface area contributed by atoms with Crippen LogP contribution in [0.2, 0.25) is 0 Å². The maximum atomic E-state index is 13.3. The number of halogens is 3. The van der Waals surface area contributed by atoms with Crippen LogP contribution in [-0.4, -0.2) is 8.42 Å². The molecule has 0 atom stereocenters. The predicted molar refractivity (Wildman–Crippen MR) is 75.7 cm³/mol. The third-order valence-electron chi connectivity index (χ3n) is 2.45. The highest BCUT2D eigenvalue weighted by Gasteiger charge is 2.16. The van der Waals surface area contributed by atoms with Crippen LogP contribution in [0.25, 0.3) is 0 Å². The average Bonchev–Trinajstić information content (AvgIpc) is 2.37. The molecule has 0 aliphatic rings. The first-order valence-electron chi connectivity index (χ1n) is 5.32. The van der Waals surface area contributed by atoms with Crippen LogP contribution in [-0.2, 0) is 10.0 Å². The Morgan fingerprint density at radius 2 is 1.75 bits per heavy atom. The molecule has 0 aliphatic heterocycles. The fraction of sp³-hybridized carbons (Fsp3) is 0. The Labute approximate surface area is 122 Å². The molecule has 0 saturated heterocycles. The molecule has 0 radical (unpaired) electrons. The molecule has 0 amide bonds. The van der Waals surface area contributed by atoms with Crippen LogP contribution < -0.4 is 10.5 Å². The molecule has 20 heavy (non-hydrogen) atoms. The first-order valence-corrected chi connectivity index (χ1v) is 7.60. The van der Waals surface area contributed by atoms with Gasteiger partial charge in [0.15, 0.2) is 0 Å². The third-order valence-corrected chi connectivity index (χ3v) is 4.44. The van der Waals surface area contributed by atoms with Gasteiger partial charge >= 0.3 is 0 Å². The second-order valence-corrected chi connectivity index (χ2v) is 6.45. The fourth-order valence-electron chi connectivity index (χ4n) is 1.45. The van der Waals surface area contributed by atoms with Crippen molar-refractivity contribution in [3.8, 4) is 0 Å². The van der Waals surface area contributed by atoms with Crippen molar-refractivity contribution in [3.05, 3.63) is 52.5 Å². The van der Waals surface area contributed by atoms with Crippen LogP contribution in [0.15, 0.2) is 45.8 Å². The van der Waals surface area contributed by atoms with Crippen LogP contribution >= 0.6 is 15.9 Å². The molecule has 0 aromatic heterocycles. The van der Waals surface area contributed by atoms with E-state index in [-0.39, 0.29) is 20.7 Å². The molecule has 0 heterocycles. The summed E-state index contributed by atoms with van der Waals surface area (Å²) in [4.78, 5) is -0.273. The van der Waals surface area contributed by atoms with E-state index in [1.54, 1.807) is 0 Å². The van der Waals surface area contributed by atoms with Crippen molar-refractivity contribution < 1.29 is 17.2 Å². The molecule has 4 nitrogen and oxygen atoms in total. The molecule has 106 valence electrons. The zero-order valence-electron chi connectivity index (χ0n) is 9.90. The number of benzene rings is 2. The van der Waals surface area contributed by atoms with E-state index in [0.717, 1.165) is 18.2 Å². The molecule has 0 fully saturated rings. The maximum absolute atomic E-state index is 13.3. The van der Waals surface area contributed by atoms with Crippen molar-refractivity contribution in [2.75, 3.05) is 10.5 Å². The monoisotopic (exact) mass is 362 g/mol. The zero-order valence-corrected chi connectivity index (χ0v) is 12.3. The minimum Gasteiger partial charge on any atom is -0.396 e. The molecule has 0 saturated carbocycles. The van der Waals surface area contributed by atoms with Crippen molar-refractivity contribution in [2.45, 2.75) is 4.90 Å². The standard InChI is InChI=1S/C12H9BrF2N2O2S/c13-9-5-7(1-3-10(9)14)17-20(18,19)8-2-4-12(16)11(15)6-8/h1-6,17H,16H2. The van der Waals surface area contributed by atoms with E-state index in [1.165, 1.54) is 18.2 Å². The summed E-state index contributed by atoms with van der Waals surface area (Å²) in [5.74, 6) is -1.35. The van der Waals surface area contributed by atoms with Crippen LogP contribution in [0.5, 0.6) is 0 Å². The van der Waals surface area contributed by atoms with E-state index >= 15 is 0 Å². The average molecular weight is 363 g/mol. The van der Waals surface area contributed by atoms with Gasteiger partial charge in [-0.05, 0) is 52.3 Å². The minimum absolute atomic E-state index is 0.112. The van der Waals surface area contributed by atoms with Crippen LogP contribution in [0.1, 0.15) is 0 Å². The highest BCUT2D eigenvalue weighted by molar-refractivity contribution is 9.10. The van der Waals surface area contributed by atoms with E-state index in [1.807, 2.05) is 0 Å². The van der Waals surface area contributed by atoms with Gasteiger partial charge in [0.05, 0.1) is 20.7 Å². The van der Waals surface area contributed by atoms with E-state index in [4.69, 9.17) is 5.73 Å². The lowest BCUT2D eigenvalue weighted by molar-refractivity contribution is 0.596. The molecule has 2 aromatic carbocycles. The summed E-state index contributed by atoms with van der Waals surface area (Å²) in [6, 6.07) is 6.78. The van der Waals surface area contributed by atoms with E-state index < -0.39 is 21.7 Å². The largest absolute Gasteiger partial charge is 0.396 e. The topological polar surface area (TPSA) is 72.2 Å². The minimum atomic E-state index is -3.97. The normalized spacial score (nSPS) is 11.3. The predicted octanol–water partition coefficient (Wildman–Crippen LogP) is 3.11. The molecule has 8 heteroatoms. The van der Waals surface area contributed by atoms with E-state index in [0.29, 0.717) is 0 Å². The van der Waals surface area contributed by atoms with Gasteiger partial charge in [-0.15, -0.1) is 0 Å². The van der Waals surface area contributed by atoms with Crippen LogP contribution in [0, 0.1) is 11.6 Å². The van der Waals surface area contributed by atoms with Crippen molar-refractivity contribution in [3.63, 3.8) is 0 Å². The number of rotatable bonds is 3. The second-order valence-electron chi connectivity index (χ2n) is 3.92. The summed E-state index contributed by atoms with van der Waals surface area (Å²) in [5, 5.41) is 0. The van der Waals surface area contributed by atoms with Crippen molar-refractivity contribution >= 4 is 37.3 Å². The zero-order chi connectivity index (χ0) is 14.9. The SMILES string of the molecule is Nc1ccc(S(=O)(=O)Nc2ccc(F)c(Br)c2)cc1F. The van der Waals surface area contributed by atoms with Gasteiger partial charge in [0.2, 0.25) is 0 Å². The molecule has 0 bridgehead atoms. The van der Waals surface area contributed by atoms with Crippen LogP contribution in [0.3, 0.4) is 0 Å². The summed E-state index contributed by atoms with van der Waals surface area (Å²) in [5.41, 5.74) is 5.29. The number of hydrogen-bond acceptors (Lipinski definition) is 3. The van der Waals surface area contributed by atoms with Gasteiger partial charge in [0.1, 0.15) is 11.6 Å².